The third-order valence-corrected chi connectivity index (χ3v) is 4.05. The van der Waals surface area contributed by atoms with Gasteiger partial charge in [0, 0.05) is 25.4 Å². The van der Waals surface area contributed by atoms with Gasteiger partial charge in [-0.15, -0.1) is 11.6 Å². The van der Waals surface area contributed by atoms with E-state index >= 15 is 0 Å². The summed E-state index contributed by atoms with van der Waals surface area (Å²) < 4.78 is 15.3. The topological polar surface area (TPSA) is 38.1 Å². The molecule has 2 aromatic rings. The molecule has 0 spiro atoms. The number of halogens is 2. The highest BCUT2D eigenvalue weighted by Gasteiger charge is 2.20. The molecule has 1 aliphatic rings. The number of fused-ring (bicyclic) bond motifs is 1. The Hall–Kier alpha value is -1.62. The van der Waals surface area contributed by atoms with Crippen molar-refractivity contribution in [1.29, 1.82) is 0 Å². The molecule has 1 aromatic heterocycles. The fourth-order valence-corrected chi connectivity index (χ4v) is 2.97. The van der Waals surface area contributed by atoms with Gasteiger partial charge in [-0.3, -0.25) is 4.79 Å². The van der Waals surface area contributed by atoms with Gasteiger partial charge in [-0.25, -0.2) is 9.37 Å². The number of alkyl halides is 1. The predicted molar refractivity (Wildman–Crippen MR) is 79.9 cm³/mol. The van der Waals surface area contributed by atoms with Crippen molar-refractivity contribution < 1.29 is 9.18 Å². The summed E-state index contributed by atoms with van der Waals surface area (Å²) in [6, 6.07) is 4.45. The van der Waals surface area contributed by atoms with Crippen molar-refractivity contribution in [3.8, 4) is 0 Å². The van der Waals surface area contributed by atoms with Crippen molar-refractivity contribution in [2.45, 2.75) is 25.8 Å². The van der Waals surface area contributed by atoms with E-state index in [0.717, 1.165) is 31.8 Å². The van der Waals surface area contributed by atoms with Gasteiger partial charge in [0.1, 0.15) is 18.2 Å². The van der Waals surface area contributed by atoms with Crippen LogP contribution in [0.25, 0.3) is 11.0 Å². The summed E-state index contributed by atoms with van der Waals surface area (Å²) in [5.74, 6) is 0.892. The lowest BCUT2D eigenvalue weighted by Crippen LogP contribution is -2.31. The molecule has 2 heterocycles. The van der Waals surface area contributed by atoms with E-state index in [0.29, 0.717) is 23.3 Å². The lowest BCUT2D eigenvalue weighted by Gasteiger charge is -2.17. The Morgan fingerprint density at radius 1 is 1.33 bits per heavy atom. The number of amides is 1. The highest BCUT2D eigenvalue weighted by molar-refractivity contribution is 6.17. The Morgan fingerprint density at radius 3 is 2.81 bits per heavy atom. The zero-order chi connectivity index (χ0) is 14.8. The van der Waals surface area contributed by atoms with E-state index in [4.69, 9.17) is 11.6 Å². The largest absolute Gasteiger partial charge is 0.341 e. The van der Waals surface area contributed by atoms with Crippen molar-refractivity contribution in [2.75, 3.05) is 19.0 Å². The minimum atomic E-state index is -0.324. The van der Waals surface area contributed by atoms with Gasteiger partial charge in [0.2, 0.25) is 5.91 Å². The zero-order valence-electron chi connectivity index (χ0n) is 11.7. The van der Waals surface area contributed by atoms with Crippen LogP contribution in [0.3, 0.4) is 0 Å². The van der Waals surface area contributed by atoms with Gasteiger partial charge in [-0.2, -0.15) is 0 Å². The predicted octanol–water partition coefficient (Wildman–Crippen LogP) is 2.58. The number of hydrogen-bond acceptors (Lipinski definition) is 2. The molecule has 0 saturated carbocycles. The Labute approximate surface area is 127 Å². The first-order valence-electron chi connectivity index (χ1n) is 7.17. The molecule has 6 heteroatoms. The molecular formula is C15H17ClFN3O. The highest BCUT2D eigenvalue weighted by Crippen LogP contribution is 2.19. The fraction of sp³-hybridized carbons (Fsp3) is 0.467. The molecule has 0 radical (unpaired) electrons. The number of benzene rings is 1. The van der Waals surface area contributed by atoms with E-state index in [1.807, 2.05) is 4.90 Å². The molecule has 0 bridgehead atoms. The normalized spacial score (nSPS) is 15.0. The zero-order valence-corrected chi connectivity index (χ0v) is 12.4. The number of aromatic nitrogens is 2. The molecule has 0 unspecified atom stereocenters. The summed E-state index contributed by atoms with van der Waals surface area (Å²) in [7, 11) is 0. The molecular weight excluding hydrogens is 293 g/mol. The maximum atomic E-state index is 13.5. The lowest BCUT2D eigenvalue weighted by atomic mass is 10.3. The molecule has 1 amide bonds. The maximum absolute atomic E-state index is 13.5. The summed E-state index contributed by atoms with van der Waals surface area (Å²) in [6.45, 7) is 1.82. The monoisotopic (exact) mass is 309 g/mol. The first kappa shape index (κ1) is 14.3. The van der Waals surface area contributed by atoms with Crippen molar-refractivity contribution in [3.05, 3.63) is 29.8 Å². The number of carbonyl (C=O) groups excluding carboxylic acids is 1. The smallest absolute Gasteiger partial charge is 0.242 e. The Kier molecular flexibility index (Phi) is 4.10. The number of likely N-dealkylation sites (tertiary alicyclic amines) is 1. The average molecular weight is 310 g/mol. The summed E-state index contributed by atoms with van der Waals surface area (Å²) in [4.78, 5) is 18.7. The van der Waals surface area contributed by atoms with Crippen molar-refractivity contribution in [3.63, 3.8) is 0 Å². The third kappa shape index (κ3) is 2.88. The van der Waals surface area contributed by atoms with Crippen LogP contribution in [0, 0.1) is 5.82 Å². The molecule has 4 nitrogen and oxygen atoms in total. The van der Waals surface area contributed by atoms with Crippen molar-refractivity contribution >= 4 is 28.5 Å². The minimum absolute atomic E-state index is 0.0619. The standard InChI is InChI=1S/C15H17ClFN3O/c16-6-5-14-18-12-4-3-11(17)9-13(12)20(14)10-15(21)19-7-1-2-8-19/h3-4,9H,1-2,5-8,10H2. The highest BCUT2D eigenvalue weighted by atomic mass is 35.5. The average Bonchev–Trinajstić information content (AvgIpc) is 3.09. The first-order chi connectivity index (χ1) is 10.2. The van der Waals surface area contributed by atoms with Crippen LogP contribution in [0.4, 0.5) is 4.39 Å². The van der Waals surface area contributed by atoms with Crippen molar-refractivity contribution in [1.82, 2.24) is 14.5 Å². The summed E-state index contributed by atoms with van der Waals surface area (Å²) in [6.07, 6.45) is 2.67. The van der Waals surface area contributed by atoms with E-state index in [1.165, 1.54) is 12.1 Å². The van der Waals surface area contributed by atoms with Gasteiger partial charge in [-0.05, 0) is 31.0 Å². The Bertz CT molecular complexity index is 664. The summed E-state index contributed by atoms with van der Waals surface area (Å²) in [5.41, 5.74) is 1.36. The number of hydrogen-bond donors (Lipinski definition) is 0. The Balaban J connectivity index is 1.95. The quantitative estimate of drug-likeness (QED) is 0.814. The number of imidazole rings is 1. The third-order valence-electron chi connectivity index (χ3n) is 3.86. The van der Waals surface area contributed by atoms with Crippen LogP contribution >= 0.6 is 11.6 Å². The Morgan fingerprint density at radius 2 is 2.10 bits per heavy atom. The van der Waals surface area contributed by atoms with E-state index in [2.05, 4.69) is 4.98 Å². The second-order valence-corrected chi connectivity index (χ2v) is 5.65. The minimum Gasteiger partial charge on any atom is -0.341 e. The molecule has 0 aliphatic carbocycles. The SMILES string of the molecule is O=C(Cn1c(CCCl)nc2ccc(F)cc21)N1CCCC1. The van der Waals surface area contributed by atoms with Gasteiger partial charge in [0.05, 0.1) is 11.0 Å². The van der Waals surface area contributed by atoms with Crippen molar-refractivity contribution in [2.24, 2.45) is 0 Å². The second kappa shape index (κ2) is 6.02. The van der Waals surface area contributed by atoms with E-state index in [1.54, 1.807) is 10.6 Å². The number of rotatable bonds is 4. The van der Waals surface area contributed by atoms with Crippen LogP contribution in [-0.2, 0) is 17.8 Å². The van der Waals surface area contributed by atoms with Crippen LogP contribution in [0.15, 0.2) is 18.2 Å². The van der Waals surface area contributed by atoms with E-state index in [-0.39, 0.29) is 18.3 Å². The molecule has 112 valence electrons. The maximum Gasteiger partial charge on any atom is 0.242 e. The fourth-order valence-electron chi connectivity index (χ4n) is 2.80. The van der Waals surface area contributed by atoms with Crippen LogP contribution in [0.5, 0.6) is 0 Å². The van der Waals surface area contributed by atoms with Gasteiger partial charge < -0.3 is 9.47 Å². The van der Waals surface area contributed by atoms with E-state index in [9.17, 15) is 9.18 Å². The van der Waals surface area contributed by atoms with Gasteiger partial charge >= 0.3 is 0 Å². The van der Waals surface area contributed by atoms with Gasteiger partial charge in [0.15, 0.2) is 0 Å². The molecule has 3 rings (SSSR count). The lowest BCUT2D eigenvalue weighted by molar-refractivity contribution is -0.130. The summed E-state index contributed by atoms with van der Waals surface area (Å²) in [5, 5.41) is 0. The molecule has 1 aromatic carbocycles. The molecule has 1 saturated heterocycles. The van der Waals surface area contributed by atoms with E-state index < -0.39 is 0 Å². The van der Waals surface area contributed by atoms with Crippen LogP contribution < -0.4 is 0 Å². The summed E-state index contributed by atoms with van der Waals surface area (Å²) >= 11 is 5.81. The number of nitrogens with zero attached hydrogens (tertiary/aromatic N) is 3. The van der Waals surface area contributed by atoms with Gasteiger partial charge in [0.25, 0.3) is 0 Å². The molecule has 0 N–H and O–H groups in total. The molecule has 1 fully saturated rings. The molecule has 0 atom stereocenters. The van der Waals surface area contributed by atoms with Crippen LogP contribution in [0.1, 0.15) is 18.7 Å². The van der Waals surface area contributed by atoms with Gasteiger partial charge in [-0.1, -0.05) is 0 Å². The van der Waals surface area contributed by atoms with Crippen LogP contribution in [0.2, 0.25) is 0 Å². The second-order valence-electron chi connectivity index (χ2n) is 5.27. The number of aryl methyl sites for hydroxylation is 1. The molecule has 21 heavy (non-hydrogen) atoms. The molecule has 1 aliphatic heterocycles. The number of carbonyl (C=O) groups is 1. The van der Waals surface area contributed by atoms with Crippen LogP contribution in [-0.4, -0.2) is 39.3 Å². The first-order valence-corrected chi connectivity index (χ1v) is 7.71.